The van der Waals surface area contributed by atoms with Gasteiger partial charge in [0.2, 0.25) is 0 Å². The number of anilines is 2. The Labute approximate surface area is 180 Å². The Morgan fingerprint density at radius 1 is 0.833 bits per heavy atom. The Bertz CT molecular complexity index is 1070. The minimum absolute atomic E-state index is 0.320. The zero-order valence-corrected chi connectivity index (χ0v) is 17.6. The van der Waals surface area contributed by atoms with Crippen LogP contribution < -0.4 is 9.80 Å². The molecule has 2 aliphatic heterocycles. The fourth-order valence-electron chi connectivity index (χ4n) is 3.92. The Kier molecular flexibility index (Phi) is 6.14. The lowest BCUT2D eigenvalue weighted by molar-refractivity contribution is 0.934. The first-order chi connectivity index (χ1) is 14.8. The van der Waals surface area contributed by atoms with Gasteiger partial charge in [-0.25, -0.2) is 0 Å². The van der Waals surface area contributed by atoms with E-state index in [2.05, 4.69) is 139 Å². The van der Waals surface area contributed by atoms with E-state index in [0.29, 0.717) is 5.92 Å². The second-order valence-electron chi connectivity index (χ2n) is 7.43. The molecule has 0 saturated carbocycles. The topological polar surface area (TPSA) is 6.48 Å². The summed E-state index contributed by atoms with van der Waals surface area (Å²) in [5.41, 5.74) is 6.40. The molecular formula is C28H28N2. The zero-order chi connectivity index (χ0) is 20.8. The van der Waals surface area contributed by atoms with E-state index < -0.39 is 0 Å². The summed E-state index contributed by atoms with van der Waals surface area (Å²) < 4.78 is 0. The van der Waals surface area contributed by atoms with Crippen molar-refractivity contribution in [1.29, 1.82) is 0 Å². The predicted molar refractivity (Wildman–Crippen MR) is 131 cm³/mol. The molecule has 0 aliphatic carbocycles. The normalized spacial score (nSPS) is 19.4. The first kappa shape index (κ1) is 19.8. The standard InChI is InChI=1S/C28H28N2/c1-3-30-22-20-24(26-16-10-12-18-28(26)30)14-8-6-4-5-7-13-23-19-21-29(2)27-17-11-9-15-25(23)27/h4-22,24H,3H2,1-2H3/b6-4+,7-5+,14-8+,23-13-. The molecule has 1 unspecified atom stereocenters. The molecule has 0 bridgehead atoms. The summed E-state index contributed by atoms with van der Waals surface area (Å²) in [5, 5.41) is 0. The van der Waals surface area contributed by atoms with Gasteiger partial charge in [0.25, 0.3) is 0 Å². The van der Waals surface area contributed by atoms with Gasteiger partial charge in [0.05, 0.1) is 0 Å². The SMILES string of the molecule is CCN1C=CC(/C=C/C=C/C=C/C=C2/C=CN(C)c3ccccc32)c2ccccc21. The van der Waals surface area contributed by atoms with Gasteiger partial charge >= 0.3 is 0 Å². The Hall–Kier alpha value is -3.52. The molecular weight excluding hydrogens is 364 g/mol. The monoisotopic (exact) mass is 392 g/mol. The Morgan fingerprint density at radius 3 is 2.43 bits per heavy atom. The predicted octanol–water partition coefficient (Wildman–Crippen LogP) is 6.84. The van der Waals surface area contributed by atoms with E-state index in [1.807, 2.05) is 0 Å². The van der Waals surface area contributed by atoms with E-state index in [4.69, 9.17) is 0 Å². The van der Waals surface area contributed by atoms with Crippen LogP contribution in [0.4, 0.5) is 11.4 Å². The van der Waals surface area contributed by atoms with Crippen LogP contribution in [0.1, 0.15) is 24.0 Å². The van der Waals surface area contributed by atoms with Crippen molar-refractivity contribution >= 4 is 16.9 Å². The molecule has 150 valence electrons. The highest BCUT2D eigenvalue weighted by Crippen LogP contribution is 2.34. The van der Waals surface area contributed by atoms with Crippen LogP contribution in [0.25, 0.3) is 5.57 Å². The van der Waals surface area contributed by atoms with Crippen LogP contribution in [-0.2, 0) is 0 Å². The smallest absolute Gasteiger partial charge is 0.0483 e. The first-order valence-electron chi connectivity index (χ1n) is 10.5. The van der Waals surface area contributed by atoms with Crippen LogP contribution in [0.2, 0.25) is 0 Å². The number of hydrogen-bond acceptors (Lipinski definition) is 2. The second-order valence-corrected chi connectivity index (χ2v) is 7.43. The summed E-state index contributed by atoms with van der Waals surface area (Å²) >= 11 is 0. The summed E-state index contributed by atoms with van der Waals surface area (Å²) in [6.07, 6.45) is 23.6. The number of allylic oxidation sites excluding steroid dienone is 10. The van der Waals surface area contributed by atoms with E-state index in [1.165, 1.54) is 28.1 Å². The summed E-state index contributed by atoms with van der Waals surface area (Å²) in [6.45, 7) is 3.17. The first-order valence-corrected chi connectivity index (χ1v) is 10.5. The van der Waals surface area contributed by atoms with E-state index in [1.54, 1.807) is 0 Å². The highest BCUT2D eigenvalue weighted by Gasteiger charge is 2.17. The molecule has 0 fully saturated rings. The highest BCUT2D eigenvalue weighted by molar-refractivity contribution is 5.86. The van der Waals surface area contributed by atoms with E-state index >= 15 is 0 Å². The van der Waals surface area contributed by atoms with Crippen LogP contribution in [-0.4, -0.2) is 13.6 Å². The van der Waals surface area contributed by atoms with Crippen molar-refractivity contribution < 1.29 is 0 Å². The second kappa shape index (κ2) is 9.32. The number of benzene rings is 2. The van der Waals surface area contributed by atoms with Crippen molar-refractivity contribution in [3.63, 3.8) is 0 Å². The third-order valence-corrected chi connectivity index (χ3v) is 5.53. The van der Waals surface area contributed by atoms with E-state index in [-0.39, 0.29) is 0 Å². The van der Waals surface area contributed by atoms with Gasteiger partial charge in [-0.05, 0) is 36.3 Å². The molecule has 2 nitrogen and oxygen atoms in total. The van der Waals surface area contributed by atoms with Gasteiger partial charge in [-0.15, -0.1) is 0 Å². The van der Waals surface area contributed by atoms with Crippen LogP contribution in [0.3, 0.4) is 0 Å². The summed E-state index contributed by atoms with van der Waals surface area (Å²) in [4.78, 5) is 4.44. The lowest BCUT2D eigenvalue weighted by atomic mass is 9.93. The number of hydrogen-bond donors (Lipinski definition) is 0. The third kappa shape index (κ3) is 4.23. The maximum Gasteiger partial charge on any atom is 0.0483 e. The highest BCUT2D eigenvalue weighted by atomic mass is 15.1. The molecule has 2 aromatic carbocycles. The molecule has 2 heteroatoms. The lowest BCUT2D eigenvalue weighted by Crippen LogP contribution is -2.20. The summed E-state index contributed by atoms with van der Waals surface area (Å²) in [6, 6.07) is 17.1. The van der Waals surface area contributed by atoms with Crippen molar-refractivity contribution in [2.24, 2.45) is 0 Å². The molecule has 0 spiro atoms. The minimum Gasteiger partial charge on any atom is -0.351 e. The van der Waals surface area contributed by atoms with Crippen LogP contribution in [0.15, 0.2) is 116 Å². The summed E-state index contributed by atoms with van der Waals surface area (Å²) in [5.74, 6) is 0.320. The molecule has 2 heterocycles. The number of rotatable bonds is 5. The average molecular weight is 393 g/mol. The van der Waals surface area contributed by atoms with E-state index in [0.717, 1.165) is 6.54 Å². The molecule has 0 amide bonds. The van der Waals surface area contributed by atoms with Gasteiger partial charge in [0.15, 0.2) is 0 Å². The van der Waals surface area contributed by atoms with Gasteiger partial charge in [0, 0.05) is 48.8 Å². The van der Waals surface area contributed by atoms with E-state index in [9.17, 15) is 0 Å². The molecule has 2 aliphatic rings. The minimum atomic E-state index is 0.320. The molecule has 0 radical (unpaired) electrons. The molecule has 0 N–H and O–H groups in total. The number of nitrogens with zero attached hydrogens (tertiary/aromatic N) is 2. The van der Waals surface area contributed by atoms with Crippen molar-refractivity contribution in [3.05, 3.63) is 127 Å². The third-order valence-electron chi connectivity index (χ3n) is 5.53. The van der Waals surface area contributed by atoms with Crippen LogP contribution in [0, 0.1) is 0 Å². The fraction of sp³-hybridized carbons (Fsp3) is 0.143. The molecule has 4 rings (SSSR count). The quantitative estimate of drug-likeness (QED) is 0.514. The average Bonchev–Trinajstić information content (AvgIpc) is 2.80. The Balaban J connectivity index is 1.40. The molecule has 0 aromatic heterocycles. The van der Waals surface area contributed by atoms with Gasteiger partial charge in [-0.3, -0.25) is 0 Å². The van der Waals surface area contributed by atoms with Crippen molar-refractivity contribution in [2.75, 3.05) is 23.4 Å². The Morgan fingerprint density at radius 2 is 1.57 bits per heavy atom. The largest absolute Gasteiger partial charge is 0.351 e. The molecule has 0 saturated heterocycles. The lowest BCUT2D eigenvalue weighted by Gasteiger charge is -2.28. The van der Waals surface area contributed by atoms with Crippen molar-refractivity contribution in [1.82, 2.24) is 0 Å². The molecule has 1 atom stereocenters. The molecule has 30 heavy (non-hydrogen) atoms. The maximum atomic E-state index is 2.29. The molecule has 2 aromatic rings. The number of para-hydroxylation sites is 2. The van der Waals surface area contributed by atoms with Crippen LogP contribution in [0.5, 0.6) is 0 Å². The van der Waals surface area contributed by atoms with Gasteiger partial charge in [-0.1, -0.05) is 85.0 Å². The van der Waals surface area contributed by atoms with Crippen LogP contribution >= 0.6 is 0 Å². The van der Waals surface area contributed by atoms with Crippen molar-refractivity contribution in [2.45, 2.75) is 12.8 Å². The maximum absolute atomic E-state index is 2.29. The van der Waals surface area contributed by atoms with Gasteiger partial charge < -0.3 is 9.80 Å². The van der Waals surface area contributed by atoms with Gasteiger partial charge in [-0.2, -0.15) is 0 Å². The summed E-state index contributed by atoms with van der Waals surface area (Å²) in [7, 11) is 2.08. The van der Waals surface area contributed by atoms with Crippen molar-refractivity contribution in [3.8, 4) is 0 Å². The number of fused-ring (bicyclic) bond motifs is 2. The fourth-order valence-corrected chi connectivity index (χ4v) is 3.92. The zero-order valence-electron chi connectivity index (χ0n) is 17.6. The van der Waals surface area contributed by atoms with Gasteiger partial charge in [0.1, 0.15) is 0 Å².